The van der Waals surface area contributed by atoms with Gasteiger partial charge >= 0.3 is 0 Å². The van der Waals surface area contributed by atoms with Crippen molar-refractivity contribution in [2.24, 2.45) is 5.16 Å². The van der Waals surface area contributed by atoms with Crippen LogP contribution in [0.3, 0.4) is 0 Å². The second kappa shape index (κ2) is 9.76. The molecule has 7 nitrogen and oxygen atoms in total. The monoisotopic (exact) mass is 468 g/mol. The number of nitrogens with zero attached hydrogens (tertiary/aromatic N) is 4. The molecule has 0 aliphatic carbocycles. The summed E-state index contributed by atoms with van der Waals surface area (Å²) in [6.45, 7) is 0. The first kappa shape index (κ1) is 21.7. The summed E-state index contributed by atoms with van der Waals surface area (Å²) in [4.78, 5) is 4.82. The number of oxime groups is 1. The molecule has 0 bridgehead atoms. The third-order valence-corrected chi connectivity index (χ3v) is 6.13. The van der Waals surface area contributed by atoms with E-state index < -0.39 is 0 Å². The fraction of sp³-hybridized carbons (Fsp3) is 0.0769. The average molecular weight is 469 g/mol. The van der Waals surface area contributed by atoms with Crippen molar-refractivity contribution in [2.75, 3.05) is 12.9 Å². The number of aromatic nitrogens is 3. The van der Waals surface area contributed by atoms with Crippen molar-refractivity contribution < 1.29 is 14.4 Å². The van der Waals surface area contributed by atoms with Gasteiger partial charge in [-0.1, -0.05) is 65.4 Å². The lowest BCUT2D eigenvalue weighted by Gasteiger charge is -2.08. The zero-order valence-electron chi connectivity index (χ0n) is 18.3. The van der Waals surface area contributed by atoms with Crippen LogP contribution in [0.4, 0.5) is 0 Å². The number of thioether (sulfide) groups is 1. The predicted octanol–water partition coefficient (Wildman–Crippen LogP) is 5.93. The Labute approximate surface area is 200 Å². The molecule has 3 aromatic carbocycles. The molecule has 0 fully saturated rings. The lowest BCUT2D eigenvalue weighted by molar-refractivity contribution is 0.319. The van der Waals surface area contributed by atoms with E-state index in [1.807, 2.05) is 84.9 Å². The van der Waals surface area contributed by atoms with E-state index in [4.69, 9.17) is 14.1 Å². The minimum absolute atomic E-state index is 0.385. The predicted molar refractivity (Wildman–Crippen MR) is 133 cm³/mol. The summed E-state index contributed by atoms with van der Waals surface area (Å²) in [5.74, 6) is 1.57. The van der Waals surface area contributed by atoms with Gasteiger partial charge in [0.15, 0.2) is 0 Å². The molecule has 0 aliphatic heterocycles. The molecule has 2 heterocycles. The molecular formula is C26H20N4O3S. The molecule has 0 saturated carbocycles. The van der Waals surface area contributed by atoms with Gasteiger partial charge in [-0.2, -0.15) is 0 Å². The van der Waals surface area contributed by atoms with Gasteiger partial charge < -0.3 is 14.4 Å². The van der Waals surface area contributed by atoms with E-state index in [2.05, 4.69) is 15.4 Å². The molecule has 8 heteroatoms. The van der Waals surface area contributed by atoms with Gasteiger partial charge in [-0.15, -0.1) is 10.2 Å². The molecule has 5 rings (SSSR count). The van der Waals surface area contributed by atoms with Crippen LogP contribution >= 0.6 is 11.8 Å². The molecule has 34 heavy (non-hydrogen) atoms. The highest BCUT2D eigenvalue weighted by Crippen LogP contribution is 2.33. The molecule has 5 aromatic rings. The van der Waals surface area contributed by atoms with Crippen molar-refractivity contribution in [3.8, 4) is 28.5 Å². The van der Waals surface area contributed by atoms with Gasteiger partial charge in [-0.05, 0) is 36.4 Å². The fourth-order valence-corrected chi connectivity index (χ4v) is 4.29. The van der Waals surface area contributed by atoms with Gasteiger partial charge in [0.05, 0.1) is 29.6 Å². The smallest absolute Gasteiger partial charge is 0.277 e. The Morgan fingerprint density at radius 2 is 1.74 bits per heavy atom. The SMILES string of the molecule is COc1ccc(-c2cc(-c3nnc(SC/C(=N/O)c4ccccc4)o3)c3ccccc3n2)cc1. The maximum Gasteiger partial charge on any atom is 0.277 e. The number of ether oxygens (including phenoxy) is 1. The molecule has 0 aliphatic rings. The van der Waals surface area contributed by atoms with E-state index >= 15 is 0 Å². The van der Waals surface area contributed by atoms with Crippen LogP contribution in [0.1, 0.15) is 5.56 Å². The molecule has 2 aromatic heterocycles. The first-order valence-electron chi connectivity index (χ1n) is 10.5. The summed E-state index contributed by atoms with van der Waals surface area (Å²) < 4.78 is 11.3. The summed E-state index contributed by atoms with van der Waals surface area (Å²) in [6, 6.07) is 27.0. The Kier molecular flexibility index (Phi) is 6.22. The van der Waals surface area contributed by atoms with Crippen LogP contribution in [0.15, 0.2) is 99.7 Å². The van der Waals surface area contributed by atoms with Crippen molar-refractivity contribution >= 4 is 28.4 Å². The summed E-state index contributed by atoms with van der Waals surface area (Å²) in [5.41, 5.74) is 4.74. The minimum Gasteiger partial charge on any atom is -0.497 e. The first-order valence-corrected chi connectivity index (χ1v) is 11.5. The molecule has 0 saturated heterocycles. The average Bonchev–Trinajstić information content (AvgIpc) is 3.38. The highest BCUT2D eigenvalue weighted by molar-refractivity contribution is 7.99. The molecule has 0 atom stereocenters. The first-order chi connectivity index (χ1) is 16.7. The van der Waals surface area contributed by atoms with E-state index in [1.54, 1.807) is 7.11 Å². The molecule has 0 unspecified atom stereocenters. The van der Waals surface area contributed by atoms with Crippen LogP contribution in [0.5, 0.6) is 5.75 Å². The largest absolute Gasteiger partial charge is 0.497 e. The number of fused-ring (bicyclic) bond motifs is 1. The fourth-order valence-electron chi connectivity index (χ4n) is 3.57. The summed E-state index contributed by atoms with van der Waals surface area (Å²) in [7, 11) is 1.64. The Morgan fingerprint density at radius 1 is 0.971 bits per heavy atom. The number of hydrogen-bond acceptors (Lipinski definition) is 8. The Bertz CT molecular complexity index is 1450. The second-order valence-corrected chi connectivity index (χ2v) is 8.30. The van der Waals surface area contributed by atoms with Crippen molar-refractivity contribution in [1.82, 2.24) is 15.2 Å². The lowest BCUT2D eigenvalue weighted by atomic mass is 10.0. The molecule has 0 amide bonds. The van der Waals surface area contributed by atoms with Crippen LogP contribution in [-0.2, 0) is 0 Å². The Morgan fingerprint density at radius 3 is 2.50 bits per heavy atom. The van der Waals surface area contributed by atoms with E-state index in [-0.39, 0.29) is 0 Å². The topological polar surface area (TPSA) is 93.6 Å². The zero-order chi connectivity index (χ0) is 23.3. The standard InChI is InChI=1S/C26H20N4O3S/c1-32-19-13-11-18(12-14-19)23-15-21(20-9-5-6-10-22(20)27-23)25-28-29-26(33-25)34-16-24(30-31)17-7-3-2-4-8-17/h2-15,31H,16H2,1H3/b30-24-. The summed E-state index contributed by atoms with van der Waals surface area (Å²) >= 11 is 1.31. The maximum absolute atomic E-state index is 9.42. The highest BCUT2D eigenvalue weighted by Gasteiger charge is 2.16. The van der Waals surface area contributed by atoms with E-state index in [9.17, 15) is 5.21 Å². The highest BCUT2D eigenvalue weighted by atomic mass is 32.2. The molecule has 168 valence electrons. The minimum atomic E-state index is 0.385. The van der Waals surface area contributed by atoms with Gasteiger partial charge in [0.1, 0.15) is 5.75 Å². The van der Waals surface area contributed by atoms with Crippen LogP contribution in [-0.4, -0.2) is 39.0 Å². The van der Waals surface area contributed by atoms with Crippen molar-refractivity contribution in [3.05, 3.63) is 90.5 Å². The van der Waals surface area contributed by atoms with E-state index in [0.717, 1.165) is 39.0 Å². The zero-order valence-corrected chi connectivity index (χ0v) is 19.1. The number of rotatable bonds is 7. The van der Waals surface area contributed by atoms with Gasteiger partial charge in [-0.3, -0.25) is 0 Å². The number of pyridine rings is 1. The molecular weight excluding hydrogens is 448 g/mol. The van der Waals surface area contributed by atoms with Gasteiger partial charge in [-0.25, -0.2) is 4.98 Å². The summed E-state index contributed by atoms with van der Waals surface area (Å²) in [5, 5.41) is 22.6. The van der Waals surface area contributed by atoms with Crippen LogP contribution < -0.4 is 4.74 Å². The van der Waals surface area contributed by atoms with Gasteiger partial charge in [0.25, 0.3) is 5.22 Å². The van der Waals surface area contributed by atoms with Crippen LogP contribution in [0, 0.1) is 0 Å². The second-order valence-electron chi connectivity index (χ2n) is 7.38. The number of para-hydroxylation sites is 1. The van der Waals surface area contributed by atoms with Crippen molar-refractivity contribution in [3.63, 3.8) is 0 Å². The number of methoxy groups -OCH3 is 1. The maximum atomic E-state index is 9.42. The lowest BCUT2D eigenvalue weighted by Crippen LogP contribution is -2.04. The number of benzene rings is 3. The molecule has 0 spiro atoms. The van der Waals surface area contributed by atoms with Crippen molar-refractivity contribution in [2.45, 2.75) is 5.22 Å². The quantitative estimate of drug-likeness (QED) is 0.137. The van der Waals surface area contributed by atoms with E-state index in [0.29, 0.717) is 22.6 Å². The van der Waals surface area contributed by atoms with Crippen LogP contribution in [0.2, 0.25) is 0 Å². The Hall–Kier alpha value is -4.17. The third-order valence-electron chi connectivity index (χ3n) is 5.30. The Balaban J connectivity index is 1.46. The van der Waals surface area contributed by atoms with Gasteiger partial charge in [0.2, 0.25) is 5.89 Å². The van der Waals surface area contributed by atoms with Crippen LogP contribution in [0.25, 0.3) is 33.6 Å². The molecule has 1 N–H and O–H groups in total. The summed E-state index contributed by atoms with van der Waals surface area (Å²) in [6.07, 6.45) is 0. The third kappa shape index (κ3) is 4.49. The van der Waals surface area contributed by atoms with E-state index in [1.165, 1.54) is 11.8 Å². The molecule has 0 radical (unpaired) electrons. The normalized spacial score (nSPS) is 11.6. The van der Waals surface area contributed by atoms with Gasteiger partial charge in [0, 0.05) is 22.3 Å². The number of hydrogen-bond donors (Lipinski definition) is 1. The van der Waals surface area contributed by atoms with Crippen molar-refractivity contribution in [1.29, 1.82) is 0 Å².